The van der Waals surface area contributed by atoms with Crippen LogP contribution in [-0.2, 0) is 20.2 Å². The van der Waals surface area contributed by atoms with Crippen molar-refractivity contribution >= 4 is 20.2 Å². The molecule has 0 rings (SSSR count). The summed E-state index contributed by atoms with van der Waals surface area (Å²) in [5.74, 6) is -0.951. The minimum atomic E-state index is -4.34. The molecule has 0 aromatic carbocycles. The van der Waals surface area contributed by atoms with Gasteiger partial charge in [0, 0.05) is 0 Å². The molecular formula is C17H37NO6S2. The van der Waals surface area contributed by atoms with Gasteiger partial charge in [0.15, 0.2) is 0 Å². The van der Waals surface area contributed by atoms with Crippen LogP contribution in [0.5, 0.6) is 0 Å². The second-order valence-electron chi connectivity index (χ2n) is 7.52. The maximum absolute atomic E-state index is 11.0. The minimum Gasteiger partial charge on any atom is -0.748 e. The Morgan fingerprint density at radius 1 is 0.731 bits per heavy atom. The molecule has 1 N–H and O–H groups in total. The van der Waals surface area contributed by atoms with Crippen LogP contribution in [0.15, 0.2) is 0 Å². The van der Waals surface area contributed by atoms with Crippen molar-refractivity contribution in [3.8, 4) is 0 Å². The fraction of sp³-hybridized carbons (Fsp3) is 1.00. The molecule has 0 aromatic heterocycles. The Morgan fingerprint density at radius 3 is 1.58 bits per heavy atom. The summed E-state index contributed by atoms with van der Waals surface area (Å²) in [6, 6.07) is 0. The van der Waals surface area contributed by atoms with Crippen molar-refractivity contribution in [3.63, 3.8) is 0 Å². The number of unbranched alkanes of at least 4 members (excludes halogenated alkanes) is 9. The van der Waals surface area contributed by atoms with E-state index < -0.39 is 31.7 Å². The molecule has 158 valence electrons. The van der Waals surface area contributed by atoms with Crippen LogP contribution in [-0.4, -0.2) is 68.6 Å². The van der Waals surface area contributed by atoms with Gasteiger partial charge in [0.2, 0.25) is 0 Å². The summed E-state index contributed by atoms with van der Waals surface area (Å²) >= 11 is 0. The summed E-state index contributed by atoms with van der Waals surface area (Å²) < 4.78 is 63.7. The van der Waals surface area contributed by atoms with E-state index in [0.29, 0.717) is 6.54 Å². The molecule has 0 aliphatic heterocycles. The van der Waals surface area contributed by atoms with Gasteiger partial charge < -0.3 is 9.04 Å². The lowest BCUT2D eigenvalue weighted by atomic mass is 10.1. The van der Waals surface area contributed by atoms with E-state index in [1.807, 2.05) is 0 Å². The van der Waals surface area contributed by atoms with Crippen molar-refractivity contribution in [2.24, 2.45) is 0 Å². The van der Waals surface area contributed by atoms with Crippen molar-refractivity contribution in [1.29, 1.82) is 0 Å². The van der Waals surface area contributed by atoms with Gasteiger partial charge in [-0.1, -0.05) is 58.3 Å². The quantitative estimate of drug-likeness (QED) is 0.222. The van der Waals surface area contributed by atoms with Crippen molar-refractivity contribution in [2.75, 3.05) is 38.2 Å². The Morgan fingerprint density at radius 2 is 1.15 bits per heavy atom. The summed E-state index contributed by atoms with van der Waals surface area (Å²) in [4.78, 5) is 0. The first-order valence-corrected chi connectivity index (χ1v) is 12.9. The molecule has 0 heterocycles. The second-order valence-corrected chi connectivity index (χ2v) is 10.6. The summed E-state index contributed by atoms with van der Waals surface area (Å²) in [5, 5.41) is 0. The number of rotatable bonds is 17. The molecule has 7 nitrogen and oxygen atoms in total. The maximum atomic E-state index is 11.0. The molecule has 1 atom stereocenters. The molecule has 9 heteroatoms. The van der Waals surface area contributed by atoms with Gasteiger partial charge >= 0.3 is 0 Å². The van der Waals surface area contributed by atoms with Gasteiger partial charge in [0.25, 0.3) is 10.1 Å². The highest BCUT2D eigenvalue weighted by Gasteiger charge is 2.24. The van der Waals surface area contributed by atoms with Gasteiger partial charge in [-0.05, 0) is 12.8 Å². The Kier molecular flexibility index (Phi) is 12.9. The number of quaternary nitrogens is 1. The van der Waals surface area contributed by atoms with Crippen LogP contribution in [0.2, 0.25) is 0 Å². The summed E-state index contributed by atoms with van der Waals surface area (Å²) in [7, 11) is -6.71. The first kappa shape index (κ1) is 25.8. The molecule has 0 amide bonds. The monoisotopic (exact) mass is 415 g/mol. The molecule has 0 aromatic rings. The molecular weight excluding hydrogens is 378 g/mol. The van der Waals surface area contributed by atoms with Crippen molar-refractivity contribution < 1.29 is 30.4 Å². The molecule has 0 bridgehead atoms. The van der Waals surface area contributed by atoms with Gasteiger partial charge in [0.1, 0.15) is 15.9 Å². The van der Waals surface area contributed by atoms with Gasteiger partial charge in [0.05, 0.1) is 32.4 Å². The molecule has 0 spiro atoms. The highest BCUT2D eigenvalue weighted by Crippen LogP contribution is 2.13. The maximum Gasteiger partial charge on any atom is 0.270 e. The Labute approximate surface area is 160 Å². The Hall–Kier alpha value is -0.220. The lowest BCUT2D eigenvalue weighted by Crippen LogP contribution is -2.50. The van der Waals surface area contributed by atoms with Crippen LogP contribution >= 0.6 is 0 Å². The Bertz CT molecular complexity index is 524. The van der Waals surface area contributed by atoms with E-state index in [-0.39, 0.29) is 17.6 Å². The molecule has 26 heavy (non-hydrogen) atoms. The van der Waals surface area contributed by atoms with Crippen molar-refractivity contribution in [3.05, 3.63) is 0 Å². The standard InChI is InChI=1S/C17H37NO6S2/c1-3-4-5-6-7-8-9-10-11-12-13-18(2,14-16-25(19,20)21)15-17-26(22,23)24/h3-17H2,1-2H3,(H-,19,20,21,22,23,24). The number of hydrogen-bond donors (Lipinski definition) is 1. The van der Waals surface area contributed by atoms with Crippen LogP contribution in [0.4, 0.5) is 0 Å². The predicted octanol–water partition coefficient (Wildman–Crippen LogP) is 2.79. The fourth-order valence-corrected chi connectivity index (χ4v) is 4.32. The minimum absolute atomic E-state index is 0.0682. The van der Waals surface area contributed by atoms with Gasteiger partial charge in [-0.3, -0.25) is 4.55 Å². The molecule has 0 radical (unpaired) electrons. The highest BCUT2D eigenvalue weighted by molar-refractivity contribution is 7.86. The highest BCUT2D eigenvalue weighted by atomic mass is 32.2. The largest absolute Gasteiger partial charge is 0.748 e. The second kappa shape index (κ2) is 13.0. The van der Waals surface area contributed by atoms with Crippen LogP contribution in [0.1, 0.15) is 71.1 Å². The van der Waals surface area contributed by atoms with Crippen molar-refractivity contribution in [1.82, 2.24) is 0 Å². The lowest BCUT2D eigenvalue weighted by molar-refractivity contribution is -0.905. The molecule has 0 fully saturated rings. The smallest absolute Gasteiger partial charge is 0.270 e. The average Bonchev–Trinajstić information content (AvgIpc) is 2.52. The fourth-order valence-electron chi connectivity index (χ4n) is 2.98. The van der Waals surface area contributed by atoms with E-state index in [4.69, 9.17) is 4.55 Å². The molecule has 0 saturated carbocycles. The van der Waals surface area contributed by atoms with E-state index in [2.05, 4.69) is 6.92 Å². The van der Waals surface area contributed by atoms with Crippen LogP contribution in [0.3, 0.4) is 0 Å². The zero-order chi connectivity index (χ0) is 20.1. The molecule has 0 aliphatic rings. The topological polar surface area (TPSA) is 112 Å². The first-order chi connectivity index (χ1) is 12.0. The molecule has 0 aliphatic carbocycles. The summed E-state index contributed by atoms with van der Waals surface area (Å²) in [6.07, 6.45) is 11.8. The van der Waals surface area contributed by atoms with Gasteiger partial charge in [-0.25, -0.2) is 8.42 Å². The molecule has 0 saturated heterocycles. The van der Waals surface area contributed by atoms with Crippen molar-refractivity contribution in [2.45, 2.75) is 71.1 Å². The third-order valence-electron chi connectivity index (χ3n) is 4.82. The third-order valence-corrected chi connectivity index (χ3v) is 6.20. The van der Waals surface area contributed by atoms with E-state index >= 15 is 0 Å². The molecule has 1 unspecified atom stereocenters. The zero-order valence-corrected chi connectivity index (χ0v) is 18.0. The number of nitrogens with zero attached hydrogens (tertiary/aromatic N) is 1. The van der Waals surface area contributed by atoms with Crippen LogP contribution < -0.4 is 0 Å². The van der Waals surface area contributed by atoms with E-state index in [9.17, 15) is 21.4 Å². The van der Waals surface area contributed by atoms with Crippen LogP contribution in [0.25, 0.3) is 0 Å². The summed E-state index contributed by atoms with van der Waals surface area (Å²) in [6.45, 7) is 2.97. The number of hydrogen-bond acceptors (Lipinski definition) is 5. The van der Waals surface area contributed by atoms with E-state index in [0.717, 1.165) is 19.3 Å². The Balaban J connectivity index is 4.14. The van der Waals surface area contributed by atoms with Gasteiger partial charge in [-0.2, -0.15) is 8.42 Å². The third kappa shape index (κ3) is 17.2. The van der Waals surface area contributed by atoms with Crippen LogP contribution in [0, 0.1) is 0 Å². The predicted molar refractivity (Wildman–Crippen MR) is 104 cm³/mol. The van der Waals surface area contributed by atoms with E-state index in [1.54, 1.807) is 7.05 Å². The van der Waals surface area contributed by atoms with E-state index in [1.165, 1.54) is 44.9 Å². The lowest BCUT2D eigenvalue weighted by Gasteiger charge is -2.34. The zero-order valence-electron chi connectivity index (χ0n) is 16.4. The normalized spacial score (nSPS) is 15.1. The SMILES string of the molecule is CCCCCCCCCCCC[N+](C)(CCS(=O)(=O)[O-])CCS(=O)(=O)O. The average molecular weight is 416 g/mol. The first-order valence-electron chi connectivity index (χ1n) is 9.70. The summed E-state index contributed by atoms with van der Waals surface area (Å²) in [5.41, 5.74) is 0. The van der Waals surface area contributed by atoms with Gasteiger partial charge in [-0.15, -0.1) is 0 Å².